The van der Waals surface area contributed by atoms with Crippen molar-refractivity contribution in [2.75, 3.05) is 9.80 Å². The Morgan fingerprint density at radius 2 is 0.923 bits per heavy atom. The molecule has 256 valence electrons. The summed E-state index contributed by atoms with van der Waals surface area (Å²) in [5.74, 6) is 3.54. The van der Waals surface area contributed by atoms with Crippen molar-refractivity contribution in [3.8, 4) is 0 Å². The fraction of sp³-hybridized carbons (Fsp3) is 0.280. The zero-order chi connectivity index (χ0) is 34.2. The molecule has 6 unspecified atom stereocenters. The number of nitrogens with zero attached hydrogens (tertiary/aromatic N) is 2. The molecule has 0 heterocycles. The standard InChI is InChI=1S/C50H46N2/c1-4-16-40(17-5-1)51(41-18-6-2-7-19-41)46-24-12-14-36-32-38-28-29-39-33-37-15-13-25-47(49(37)50(38,39)48(36)46)52(42-20-8-3-9-21-42)45-23-11-10-22-43(45)44-31-34-26-27-35(44)30-34/h1-25,34-35,38-39,44H,26-33H2. The number of anilines is 6. The van der Waals surface area contributed by atoms with Crippen molar-refractivity contribution < 1.29 is 0 Å². The molecule has 0 aromatic heterocycles. The number of rotatable bonds is 7. The van der Waals surface area contributed by atoms with Crippen molar-refractivity contribution >= 4 is 34.1 Å². The lowest BCUT2D eigenvalue weighted by Gasteiger charge is -2.40. The van der Waals surface area contributed by atoms with Crippen molar-refractivity contribution in [3.05, 3.63) is 179 Å². The molecule has 6 atom stereocenters. The molecule has 0 saturated heterocycles. The topological polar surface area (TPSA) is 6.48 Å². The summed E-state index contributed by atoms with van der Waals surface area (Å²) in [6, 6.07) is 57.4. The number of hydrogen-bond acceptors (Lipinski definition) is 2. The van der Waals surface area contributed by atoms with Gasteiger partial charge in [-0.25, -0.2) is 0 Å². The quantitative estimate of drug-likeness (QED) is 0.166. The van der Waals surface area contributed by atoms with Crippen LogP contribution in [0.15, 0.2) is 152 Å². The lowest BCUT2D eigenvalue weighted by Crippen LogP contribution is -2.34. The second kappa shape index (κ2) is 12.0. The fourth-order valence-corrected chi connectivity index (χ4v) is 12.2. The second-order valence-corrected chi connectivity index (χ2v) is 16.4. The van der Waals surface area contributed by atoms with Crippen LogP contribution in [0.25, 0.3) is 0 Å². The van der Waals surface area contributed by atoms with Crippen LogP contribution in [0.4, 0.5) is 34.1 Å². The first-order chi connectivity index (χ1) is 25.8. The molecule has 52 heavy (non-hydrogen) atoms. The van der Waals surface area contributed by atoms with E-state index in [9.17, 15) is 0 Å². The van der Waals surface area contributed by atoms with Gasteiger partial charge in [-0.1, -0.05) is 103 Å². The maximum Gasteiger partial charge on any atom is 0.0505 e. The lowest BCUT2D eigenvalue weighted by atomic mass is 9.68. The third-order valence-corrected chi connectivity index (χ3v) is 14.0. The molecule has 0 N–H and O–H groups in total. The molecule has 2 nitrogen and oxygen atoms in total. The number of benzene rings is 6. The first-order valence-corrected chi connectivity index (χ1v) is 19.9. The van der Waals surface area contributed by atoms with Crippen molar-refractivity contribution in [1.29, 1.82) is 0 Å². The summed E-state index contributed by atoms with van der Waals surface area (Å²) in [6.45, 7) is 0. The van der Waals surface area contributed by atoms with E-state index in [1.54, 1.807) is 27.8 Å². The summed E-state index contributed by atoms with van der Waals surface area (Å²) in [5, 5.41) is 0. The Bertz CT molecular complexity index is 2210. The second-order valence-electron chi connectivity index (χ2n) is 16.4. The molecule has 5 aliphatic carbocycles. The van der Waals surface area contributed by atoms with Gasteiger partial charge in [-0.3, -0.25) is 0 Å². The minimum atomic E-state index is -0.0476. The molecule has 0 amide bonds. The molecule has 3 saturated carbocycles. The van der Waals surface area contributed by atoms with Crippen LogP contribution < -0.4 is 9.80 Å². The van der Waals surface area contributed by atoms with E-state index in [1.165, 1.54) is 72.6 Å². The van der Waals surface area contributed by atoms with Crippen molar-refractivity contribution in [3.63, 3.8) is 0 Å². The monoisotopic (exact) mass is 674 g/mol. The zero-order valence-corrected chi connectivity index (χ0v) is 29.9. The van der Waals surface area contributed by atoms with Crippen molar-refractivity contribution in [2.45, 2.75) is 62.7 Å². The Morgan fingerprint density at radius 3 is 1.46 bits per heavy atom. The first kappa shape index (κ1) is 30.5. The van der Waals surface area contributed by atoms with E-state index in [4.69, 9.17) is 0 Å². The molecule has 2 heteroatoms. The van der Waals surface area contributed by atoms with Gasteiger partial charge in [0.25, 0.3) is 0 Å². The predicted octanol–water partition coefficient (Wildman–Crippen LogP) is 13.0. The summed E-state index contributed by atoms with van der Waals surface area (Å²) in [6.07, 6.45) is 10.5. The Kier molecular flexibility index (Phi) is 7.04. The van der Waals surface area contributed by atoms with Gasteiger partial charge in [-0.05, 0) is 157 Å². The normalized spacial score (nSPS) is 26.1. The highest BCUT2D eigenvalue weighted by Crippen LogP contribution is 2.69. The Balaban J connectivity index is 1.16. The number of para-hydroxylation sites is 4. The molecule has 2 bridgehead atoms. The molecule has 0 radical (unpaired) electrons. The molecular formula is C50H46N2. The molecule has 6 aromatic rings. The van der Waals surface area contributed by atoms with Crippen LogP contribution in [-0.2, 0) is 18.3 Å². The highest BCUT2D eigenvalue weighted by molar-refractivity contribution is 5.87. The third kappa shape index (κ3) is 4.43. The summed E-state index contributed by atoms with van der Waals surface area (Å²) in [5.41, 5.74) is 15.6. The average Bonchev–Trinajstić information content (AvgIpc) is 4.03. The summed E-state index contributed by atoms with van der Waals surface area (Å²) < 4.78 is 0. The van der Waals surface area contributed by atoms with E-state index in [1.807, 2.05) is 0 Å². The predicted molar refractivity (Wildman–Crippen MR) is 215 cm³/mol. The Hall–Kier alpha value is -5.08. The van der Waals surface area contributed by atoms with E-state index in [2.05, 4.69) is 161 Å². The van der Waals surface area contributed by atoms with E-state index < -0.39 is 0 Å². The van der Waals surface area contributed by atoms with Crippen LogP contribution in [0.5, 0.6) is 0 Å². The largest absolute Gasteiger partial charge is 0.310 e. The lowest BCUT2D eigenvalue weighted by molar-refractivity contribution is 0.350. The molecule has 0 aliphatic heterocycles. The van der Waals surface area contributed by atoms with Gasteiger partial charge in [0, 0.05) is 28.2 Å². The maximum atomic E-state index is 2.69. The maximum absolute atomic E-state index is 2.69. The first-order valence-electron chi connectivity index (χ1n) is 19.9. The Labute approximate surface area is 308 Å². The van der Waals surface area contributed by atoms with Gasteiger partial charge in [0.2, 0.25) is 0 Å². The summed E-state index contributed by atoms with van der Waals surface area (Å²) >= 11 is 0. The minimum absolute atomic E-state index is 0.0476. The summed E-state index contributed by atoms with van der Waals surface area (Å²) in [7, 11) is 0. The zero-order valence-electron chi connectivity index (χ0n) is 29.9. The highest BCUT2D eigenvalue weighted by atomic mass is 15.2. The van der Waals surface area contributed by atoms with E-state index in [0.29, 0.717) is 17.8 Å². The molecule has 11 rings (SSSR count). The van der Waals surface area contributed by atoms with Crippen LogP contribution in [0.2, 0.25) is 0 Å². The summed E-state index contributed by atoms with van der Waals surface area (Å²) in [4.78, 5) is 5.24. The SMILES string of the molecule is c1ccc(N(c2ccccc2)c2cccc3c2C24c5c(cccc5N(c5ccccc5)c5ccccc5C5CC6CCC5C6)CC2CCC4C3)cc1. The van der Waals surface area contributed by atoms with Gasteiger partial charge < -0.3 is 9.80 Å². The van der Waals surface area contributed by atoms with Gasteiger partial charge in [0.05, 0.1) is 11.4 Å². The van der Waals surface area contributed by atoms with Crippen LogP contribution in [0.3, 0.4) is 0 Å². The van der Waals surface area contributed by atoms with Gasteiger partial charge in [0.1, 0.15) is 0 Å². The van der Waals surface area contributed by atoms with Gasteiger partial charge in [0.15, 0.2) is 0 Å². The molecule has 3 fully saturated rings. The Morgan fingerprint density at radius 1 is 0.423 bits per heavy atom. The molecular weight excluding hydrogens is 629 g/mol. The highest BCUT2D eigenvalue weighted by Gasteiger charge is 2.62. The van der Waals surface area contributed by atoms with Crippen molar-refractivity contribution in [2.24, 2.45) is 23.7 Å². The van der Waals surface area contributed by atoms with E-state index in [0.717, 1.165) is 24.7 Å². The smallest absolute Gasteiger partial charge is 0.0505 e. The number of hydrogen-bond donors (Lipinski definition) is 0. The molecule has 6 aromatic carbocycles. The van der Waals surface area contributed by atoms with E-state index >= 15 is 0 Å². The van der Waals surface area contributed by atoms with Crippen molar-refractivity contribution in [1.82, 2.24) is 0 Å². The minimum Gasteiger partial charge on any atom is -0.310 e. The van der Waals surface area contributed by atoms with Crippen LogP contribution in [0.1, 0.15) is 72.3 Å². The van der Waals surface area contributed by atoms with E-state index in [-0.39, 0.29) is 5.41 Å². The van der Waals surface area contributed by atoms with Crippen LogP contribution in [0, 0.1) is 23.7 Å². The average molecular weight is 675 g/mol. The molecule has 5 aliphatic rings. The fourth-order valence-electron chi connectivity index (χ4n) is 12.2. The van der Waals surface area contributed by atoms with Crippen LogP contribution in [-0.4, -0.2) is 0 Å². The van der Waals surface area contributed by atoms with Gasteiger partial charge in [-0.15, -0.1) is 0 Å². The molecule has 1 spiro atoms. The third-order valence-electron chi connectivity index (χ3n) is 14.0. The van der Waals surface area contributed by atoms with Gasteiger partial charge >= 0.3 is 0 Å². The van der Waals surface area contributed by atoms with Gasteiger partial charge in [-0.2, -0.15) is 0 Å². The van der Waals surface area contributed by atoms with Crippen LogP contribution >= 0.6 is 0 Å². The number of fused-ring (bicyclic) bond motifs is 4.